The standard InChI is InChI=1S/C18H29NO6S.C2H6O/c1-11(2)9-15(21)24-14-8-7-12(10-13(14)20)16(25-26(6,22)23)17(19)18(3,4)5;1-2-3/h7-8,10-11,16-17,20H,9,19H2,1-6H3;3H,2H2,1H3. The number of benzene rings is 1. The Morgan fingerprint density at radius 2 is 1.76 bits per heavy atom. The van der Waals surface area contributed by atoms with Crippen LogP contribution >= 0.6 is 0 Å². The highest BCUT2D eigenvalue weighted by atomic mass is 32.2. The molecule has 9 heteroatoms. The summed E-state index contributed by atoms with van der Waals surface area (Å²) in [6.45, 7) is 11.3. The van der Waals surface area contributed by atoms with E-state index in [1.807, 2.05) is 34.6 Å². The average molecular weight is 434 g/mol. The van der Waals surface area contributed by atoms with Gasteiger partial charge in [0.1, 0.15) is 6.10 Å². The number of hydrogen-bond acceptors (Lipinski definition) is 8. The largest absolute Gasteiger partial charge is 0.504 e. The molecule has 2 unspecified atom stereocenters. The Balaban J connectivity index is 0.00000245. The van der Waals surface area contributed by atoms with Crippen molar-refractivity contribution < 1.29 is 32.3 Å². The van der Waals surface area contributed by atoms with Gasteiger partial charge in [-0.05, 0) is 36.0 Å². The van der Waals surface area contributed by atoms with E-state index in [1.54, 1.807) is 6.92 Å². The van der Waals surface area contributed by atoms with Crippen LogP contribution in [0.1, 0.15) is 59.6 Å². The fraction of sp³-hybridized carbons (Fsp3) is 0.650. The van der Waals surface area contributed by atoms with E-state index in [0.717, 1.165) is 6.26 Å². The zero-order chi connectivity index (χ0) is 23.0. The van der Waals surface area contributed by atoms with E-state index in [1.165, 1.54) is 18.2 Å². The summed E-state index contributed by atoms with van der Waals surface area (Å²) in [5.41, 5.74) is 6.12. The van der Waals surface area contributed by atoms with E-state index < -0.39 is 33.6 Å². The number of nitrogens with two attached hydrogens (primary N) is 1. The molecule has 4 N–H and O–H groups in total. The first-order valence-corrected chi connectivity index (χ1v) is 11.2. The molecule has 29 heavy (non-hydrogen) atoms. The highest BCUT2D eigenvalue weighted by Crippen LogP contribution is 2.36. The number of esters is 1. The van der Waals surface area contributed by atoms with E-state index in [9.17, 15) is 18.3 Å². The quantitative estimate of drug-likeness (QED) is 0.339. The van der Waals surface area contributed by atoms with Gasteiger partial charge in [0.2, 0.25) is 0 Å². The summed E-state index contributed by atoms with van der Waals surface area (Å²) in [6, 6.07) is 3.57. The van der Waals surface area contributed by atoms with E-state index >= 15 is 0 Å². The number of aromatic hydroxyl groups is 1. The molecule has 0 bridgehead atoms. The summed E-state index contributed by atoms with van der Waals surface area (Å²) in [5.74, 6) is -0.621. The topological polar surface area (TPSA) is 136 Å². The van der Waals surface area contributed by atoms with Crippen molar-refractivity contribution in [2.75, 3.05) is 12.9 Å². The normalized spacial score (nSPS) is 14.0. The number of aliphatic hydroxyl groups excluding tert-OH is 1. The zero-order valence-electron chi connectivity index (χ0n) is 18.3. The van der Waals surface area contributed by atoms with Crippen LogP contribution in [-0.4, -0.2) is 43.5 Å². The Labute approximate surface area is 174 Å². The van der Waals surface area contributed by atoms with Gasteiger partial charge in [-0.25, -0.2) is 0 Å². The van der Waals surface area contributed by atoms with Crippen molar-refractivity contribution in [3.63, 3.8) is 0 Å². The molecule has 168 valence electrons. The summed E-state index contributed by atoms with van der Waals surface area (Å²) >= 11 is 0. The van der Waals surface area contributed by atoms with E-state index in [-0.39, 0.29) is 30.4 Å². The molecule has 8 nitrogen and oxygen atoms in total. The Morgan fingerprint density at radius 3 is 2.14 bits per heavy atom. The third-order valence-electron chi connectivity index (χ3n) is 3.71. The first kappa shape index (κ1) is 27.3. The molecule has 0 saturated heterocycles. The minimum atomic E-state index is -3.78. The maximum absolute atomic E-state index is 11.8. The Morgan fingerprint density at radius 1 is 1.24 bits per heavy atom. The predicted octanol–water partition coefficient (Wildman–Crippen LogP) is 2.73. The van der Waals surface area contributed by atoms with Crippen molar-refractivity contribution in [1.82, 2.24) is 0 Å². The van der Waals surface area contributed by atoms with Gasteiger partial charge in [-0.1, -0.05) is 40.7 Å². The molecule has 2 atom stereocenters. The van der Waals surface area contributed by atoms with Gasteiger partial charge in [-0.2, -0.15) is 8.42 Å². The second-order valence-electron chi connectivity index (χ2n) is 8.23. The number of carbonyl (C=O) groups excluding carboxylic acids is 1. The molecular weight excluding hydrogens is 398 g/mol. The van der Waals surface area contributed by atoms with Crippen LogP contribution in [0.5, 0.6) is 11.5 Å². The summed E-state index contributed by atoms with van der Waals surface area (Å²) in [5, 5.41) is 17.8. The second-order valence-corrected chi connectivity index (χ2v) is 9.83. The molecule has 1 aromatic rings. The van der Waals surface area contributed by atoms with Gasteiger partial charge >= 0.3 is 5.97 Å². The van der Waals surface area contributed by atoms with Crippen LogP contribution < -0.4 is 10.5 Å². The van der Waals surface area contributed by atoms with Gasteiger partial charge in [-0.15, -0.1) is 0 Å². The van der Waals surface area contributed by atoms with E-state index in [0.29, 0.717) is 5.56 Å². The molecule has 0 aliphatic rings. The maximum Gasteiger partial charge on any atom is 0.311 e. The molecule has 0 radical (unpaired) electrons. The molecule has 0 amide bonds. The Bertz CT molecular complexity index is 755. The first-order valence-electron chi connectivity index (χ1n) is 9.40. The molecule has 0 aliphatic heterocycles. The molecule has 0 aromatic heterocycles. The third-order valence-corrected chi connectivity index (χ3v) is 4.27. The van der Waals surface area contributed by atoms with Gasteiger partial charge in [0.25, 0.3) is 10.1 Å². The van der Waals surface area contributed by atoms with Crippen molar-refractivity contribution in [1.29, 1.82) is 0 Å². The highest BCUT2D eigenvalue weighted by Gasteiger charge is 2.34. The average Bonchev–Trinajstić information content (AvgIpc) is 2.52. The summed E-state index contributed by atoms with van der Waals surface area (Å²) in [7, 11) is -3.78. The lowest BCUT2D eigenvalue weighted by Crippen LogP contribution is -2.42. The number of ether oxygens (including phenoxy) is 1. The number of hydrogen-bond donors (Lipinski definition) is 3. The lowest BCUT2D eigenvalue weighted by Gasteiger charge is -2.33. The number of phenols is 1. The SMILES string of the molecule is CC(C)CC(=O)Oc1ccc(C(OS(C)(=O)=O)C(N)C(C)(C)C)cc1O.CCO. The molecule has 0 spiro atoms. The molecular formula is C20H35NO7S. The van der Waals surface area contributed by atoms with Crippen LogP contribution in [0.15, 0.2) is 18.2 Å². The fourth-order valence-electron chi connectivity index (χ4n) is 2.26. The third kappa shape index (κ3) is 10.6. The van der Waals surface area contributed by atoms with Crippen LogP contribution in [0.4, 0.5) is 0 Å². The lowest BCUT2D eigenvalue weighted by atomic mass is 9.82. The van der Waals surface area contributed by atoms with Crippen molar-refractivity contribution >= 4 is 16.1 Å². The number of rotatable bonds is 7. The summed E-state index contributed by atoms with van der Waals surface area (Å²) < 4.78 is 33.6. The Hall–Kier alpha value is -1.68. The van der Waals surface area contributed by atoms with Gasteiger partial charge in [0.15, 0.2) is 11.5 Å². The molecule has 0 heterocycles. The van der Waals surface area contributed by atoms with E-state index in [2.05, 4.69) is 0 Å². The monoisotopic (exact) mass is 433 g/mol. The minimum Gasteiger partial charge on any atom is -0.504 e. The smallest absolute Gasteiger partial charge is 0.311 e. The van der Waals surface area contributed by atoms with Crippen LogP contribution in [-0.2, 0) is 19.1 Å². The lowest BCUT2D eigenvalue weighted by molar-refractivity contribution is -0.135. The number of aliphatic hydroxyl groups is 1. The predicted molar refractivity (Wildman–Crippen MR) is 112 cm³/mol. The molecule has 0 saturated carbocycles. The van der Waals surface area contributed by atoms with Crippen molar-refractivity contribution in [3.05, 3.63) is 23.8 Å². The van der Waals surface area contributed by atoms with Gasteiger partial charge in [-0.3, -0.25) is 8.98 Å². The Kier molecular flexibility index (Phi) is 10.8. The van der Waals surface area contributed by atoms with Gasteiger partial charge in [0.05, 0.1) is 6.26 Å². The number of carbonyl (C=O) groups is 1. The van der Waals surface area contributed by atoms with Crippen LogP contribution in [0, 0.1) is 11.3 Å². The van der Waals surface area contributed by atoms with Crippen LogP contribution in [0.2, 0.25) is 0 Å². The van der Waals surface area contributed by atoms with Crippen LogP contribution in [0.3, 0.4) is 0 Å². The summed E-state index contributed by atoms with van der Waals surface area (Å²) in [6.07, 6.45) is 0.170. The molecule has 0 aliphatic carbocycles. The molecule has 1 aromatic carbocycles. The van der Waals surface area contributed by atoms with Crippen molar-refractivity contribution in [2.24, 2.45) is 17.1 Å². The van der Waals surface area contributed by atoms with Gasteiger partial charge < -0.3 is 20.7 Å². The van der Waals surface area contributed by atoms with Crippen molar-refractivity contribution in [3.8, 4) is 11.5 Å². The van der Waals surface area contributed by atoms with Crippen molar-refractivity contribution in [2.45, 2.75) is 60.1 Å². The highest BCUT2D eigenvalue weighted by molar-refractivity contribution is 7.86. The first-order chi connectivity index (χ1) is 13.1. The summed E-state index contributed by atoms with van der Waals surface area (Å²) in [4.78, 5) is 11.8. The molecule has 0 fully saturated rings. The van der Waals surface area contributed by atoms with Crippen LogP contribution in [0.25, 0.3) is 0 Å². The van der Waals surface area contributed by atoms with Gasteiger partial charge in [0, 0.05) is 19.1 Å². The number of phenolic OH excluding ortho intramolecular Hbond substituents is 1. The minimum absolute atomic E-state index is 0.00170. The second kappa shape index (κ2) is 11.5. The zero-order valence-corrected chi connectivity index (χ0v) is 19.1. The fourth-order valence-corrected chi connectivity index (χ4v) is 2.87. The van der Waals surface area contributed by atoms with E-state index in [4.69, 9.17) is 19.8 Å². The maximum atomic E-state index is 11.8. The molecule has 1 rings (SSSR count).